The molecule has 0 spiro atoms. The van der Waals surface area contributed by atoms with Crippen molar-refractivity contribution in [3.63, 3.8) is 0 Å². The molecule has 6 nitrogen and oxygen atoms in total. The average molecular weight is 261 g/mol. The molecule has 0 aromatic carbocycles. The number of amides is 1. The molecule has 1 aromatic heterocycles. The zero-order chi connectivity index (χ0) is 12.5. The van der Waals surface area contributed by atoms with Gasteiger partial charge in [0.1, 0.15) is 5.25 Å². The Morgan fingerprint density at radius 2 is 2.24 bits per heavy atom. The molecule has 1 aliphatic heterocycles. The van der Waals surface area contributed by atoms with Crippen LogP contribution < -0.4 is 0 Å². The van der Waals surface area contributed by atoms with Gasteiger partial charge in [0.25, 0.3) is 0 Å². The van der Waals surface area contributed by atoms with Gasteiger partial charge in [0, 0.05) is 38.4 Å². The van der Waals surface area contributed by atoms with Gasteiger partial charge in [-0.2, -0.15) is 8.42 Å². The van der Waals surface area contributed by atoms with Crippen LogP contribution in [0.15, 0.2) is 18.7 Å². The molecular weight excluding hydrogens is 249 g/mol. The highest BCUT2D eigenvalue weighted by atomic mass is 32.3. The van der Waals surface area contributed by atoms with Crippen molar-refractivity contribution in [2.45, 2.75) is 18.2 Å². The Morgan fingerprint density at radius 1 is 1.47 bits per heavy atom. The van der Waals surface area contributed by atoms with Crippen LogP contribution in [-0.2, 0) is 21.6 Å². The maximum Gasteiger partial charge on any atom is 0.307 e. The first-order chi connectivity index (χ1) is 7.97. The van der Waals surface area contributed by atoms with Gasteiger partial charge in [0.05, 0.1) is 6.33 Å². The van der Waals surface area contributed by atoms with Gasteiger partial charge in [-0.3, -0.25) is 4.79 Å². The van der Waals surface area contributed by atoms with Gasteiger partial charge < -0.3 is 9.47 Å². The largest absolute Gasteiger partial charge is 0.339 e. The van der Waals surface area contributed by atoms with Crippen molar-refractivity contribution in [1.29, 1.82) is 0 Å². The molecule has 1 unspecified atom stereocenters. The summed E-state index contributed by atoms with van der Waals surface area (Å²) in [4.78, 5) is 16.7. The minimum atomic E-state index is -4.62. The quantitative estimate of drug-likeness (QED) is 0.703. The second-order valence-electron chi connectivity index (χ2n) is 3.94. The van der Waals surface area contributed by atoms with Crippen LogP contribution in [0.2, 0.25) is 0 Å². The first-order valence-corrected chi connectivity index (χ1v) is 6.58. The van der Waals surface area contributed by atoms with Crippen LogP contribution >= 0.6 is 0 Å². The van der Waals surface area contributed by atoms with Crippen molar-refractivity contribution in [2.24, 2.45) is 0 Å². The van der Waals surface area contributed by atoms with Crippen molar-refractivity contribution < 1.29 is 17.1 Å². The average Bonchev–Trinajstić information content (AvgIpc) is 2.83. The predicted octanol–water partition coefficient (Wildman–Crippen LogP) is -0.217. The molecule has 2 heterocycles. The van der Waals surface area contributed by atoms with E-state index in [1.54, 1.807) is 23.3 Å². The molecule has 0 bridgehead atoms. The zero-order valence-electron chi connectivity index (χ0n) is 8.99. The standard InChI is InChI=1S/C9H12FN3O3S/c10-17(15,16)8-5-9(14)13(6-8)4-3-12-2-1-11-7-12/h1-2,7-8H,3-6H2. The first kappa shape index (κ1) is 12.0. The van der Waals surface area contributed by atoms with Crippen LogP contribution in [-0.4, -0.2) is 47.1 Å². The number of imidazole rings is 1. The van der Waals surface area contributed by atoms with E-state index in [0.29, 0.717) is 13.1 Å². The van der Waals surface area contributed by atoms with Crippen LogP contribution in [0.3, 0.4) is 0 Å². The number of nitrogens with zero attached hydrogens (tertiary/aromatic N) is 3. The Kier molecular flexibility index (Phi) is 3.14. The molecule has 2 rings (SSSR count). The number of hydrogen-bond donors (Lipinski definition) is 0. The summed E-state index contributed by atoms with van der Waals surface area (Å²) in [5.41, 5.74) is 0. The van der Waals surface area contributed by atoms with Gasteiger partial charge in [0.2, 0.25) is 5.91 Å². The summed E-state index contributed by atoms with van der Waals surface area (Å²) in [6.07, 6.45) is 4.69. The second kappa shape index (κ2) is 4.44. The molecule has 1 fully saturated rings. The maximum absolute atomic E-state index is 12.7. The van der Waals surface area contributed by atoms with E-state index in [9.17, 15) is 17.1 Å². The van der Waals surface area contributed by atoms with E-state index in [1.807, 2.05) is 0 Å². The van der Waals surface area contributed by atoms with E-state index in [0.717, 1.165) is 0 Å². The fourth-order valence-corrected chi connectivity index (χ4v) is 2.50. The summed E-state index contributed by atoms with van der Waals surface area (Å²) in [5.74, 6) is -0.323. The van der Waals surface area contributed by atoms with Crippen LogP contribution in [0.4, 0.5) is 3.89 Å². The lowest BCUT2D eigenvalue weighted by Crippen LogP contribution is -2.30. The molecule has 0 saturated carbocycles. The summed E-state index contributed by atoms with van der Waals surface area (Å²) < 4.78 is 35.9. The highest BCUT2D eigenvalue weighted by molar-refractivity contribution is 7.87. The van der Waals surface area contributed by atoms with E-state index in [1.165, 1.54) is 4.90 Å². The van der Waals surface area contributed by atoms with Gasteiger partial charge in [-0.25, -0.2) is 4.98 Å². The van der Waals surface area contributed by atoms with Crippen LogP contribution in [0.1, 0.15) is 6.42 Å². The third-order valence-corrected chi connectivity index (χ3v) is 3.88. The fraction of sp³-hybridized carbons (Fsp3) is 0.556. The Balaban J connectivity index is 1.93. The smallest absolute Gasteiger partial charge is 0.307 e. The highest BCUT2D eigenvalue weighted by Gasteiger charge is 2.37. The molecule has 0 N–H and O–H groups in total. The number of likely N-dealkylation sites (tertiary alicyclic amines) is 1. The number of rotatable bonds is 4. The van der Waals surface area contributed by atoms with E-state index in [2.05, 4.69) is 4.98 Å². The minimum absolute atomic E-state index is 0.0631. The Labute approximate surface area is 98.3 Å². The second-order valence-corrected chi connectivity index (χ2v) is 5.56. The molecule has 0 radical (unpaired) electrons. The third-order valence-electron chi connectivity index (χ3n) is 2.76. The van der Waals surface area contributed by atoms with Crippen LogP contribution in [0.25, 0.3) is 0 Å². The van der Waals surface area contributed by atoms with Crippen molar-refractivity contribution in [1.82, 2.24) is 14.5 Å². The molecule has 94 valence electrons. The van der Waals surface area contributed by atoms with Crippen molar-refractivity contribution in [2.75, 3.05) is 13.1 Å². The Morgan fingerprint density at radius 3 is 2.76 bits per heavy atom. The number of aromatic nitrogens is 2. The molecule has 1 aromatic rings. The summed E-state index contributed by atoms with van der Waals surface area (Å²) in [6, 6.07) is 0. The highest BCUT2D eigenvalue weighted by Crippen LogP contribution is 2.19. The van der Waals surface area contributed by atoms with Gasteiger partial charge in [-0.1, -0.05) is 0 Å². The molecular formula is C9H12FN3O3S. The molecule has 0 aliphatic carbocycles. The normalized spacial score (nSPS) is 21.1. The molecule has 8 heteroatoms. The molecule has 17 heavy (non-hydrogen) atoms. The van der Waals surface area contributed by atoms with Crippen LogP contribution in [0, 0.1) is 0 Å². The predicted molar refractivity (Wildman–Crippen MR) is 57.2 cm³/mol. The van der Waals surface area contributed by atoms with E-state index >= 15 is 0 Å². The van der Waals surface area contributed by atoms with Gasteiger partial charge in [0.15, 0.2) is 0 Å². The van der Waals surface area contributed by atoms with Gasteiger partial charge >= 0.3 is 10.2 Å². The van der Waals surface area contributed by atoms with E-state index in [-0.39, 0.29) is 18.9 Å². The monoisotopic (exact) mass is 261 g/mol. The number of hydrogen-bond acceptors (Lipinski definition) is 4. The number of carbonyl (C=O) groups is 1. The van der Waals surface area contributed by atoms with Crippen molar-refractivity contribution in [3.8, 4) is 0 Å². The van der Waals surface area contributed by atoms with Crippen molar-refractivity contribution >= 4 is 16.1 Å². The van der Waals surface area contributed by atoms with E-state index < -0.39 is 15.5 Å². The summed E-state index contributed by atoms with van der Waals surface area (Å²) in [5, 5.41) is -1.21. The fourth-order valence-electron chi connectivity index (χ4n) is 1.80. The minimum Gasteiger partial charge on any atom is -0.339 e. The topological polar surface area (TPSA) is 72.3 Å². The summed E-state index contributed by atoms with van der Waals surface area (Å²) in [6.45, 7) is 0.818. The lowest BCUT2D eigenvalue weighted by molar-refractivity contribution is -0.127. The summed E-state index contributed by atoms with van der Waals surface area (Å²) >= 11 is 0. The number of halogens is 1. The SMILES string of the molecule is O=C1CC(S(=O)(=O)F)CN1CCn1ccnc1. The molecule has 1 amide bonds. The lowest BCUT2D eigenvalue weighted by atomic mass is 10.4. The lowest BCUT2D eigenvalue weighted by Gasteiger charge is -2.15. The molecule has 1 atom stereocenters. The molecule has 1 saturated heterocycles. The Hall–Kier alpha value is -1.44. The van der Waals surface area contributed by atoms with Crippen molar-refractivity contribution in [3.05, 3.63) is 18.7 Å². The van der Waals surface area contributed by atoms with Crippen LogP contribution in [0.5, 0.6) is 0 Å². The number of carbonyl (C=O) groups excluding carboxylic acids is 1. The first-order valence-electron chi connectivity index (χ1n) is 5.14. The maximum atomic E-state index is 12.7. The summed E-state index contributed by atoms with van der Waals surface area (Å²) in [7, 11) is -4.62. The molecule has 1 aliphatic rings. The van der Waals surface area contributed by atoms with E-state index in [4.69, 9.17) is 0 Å². The zero-order valence-corrected chi connectivity index (χ0v) is 9.81. The van der Waals surface area contributed by atoms with Gasteiger partial charge in [-0.05, 0) is 0 Å². The Bertz CT molecular complexity index is 500. The van der Waals surface area contributed by atoms with Gasteiger partial charge in [-0.15, -0.1) is 3.89 Å². The third kappa shape index (κ3) is 2.82.